The predicted molar refractivity (Wildman–Crippen MR) is 152 cm³/mol. The van der Waals surface area contributed by atoms with Gasteiger partial charge >= 0.3 is 0 Å². The highest BCUT2D eigenvalue weighted by Gasteiger charge is 2.21. The van der Waals surface area contributed by atoms with Crippen molar-refractivity contribution in [2.75, 3.05) is 38.7 Å². The number of morpholine rings is 1. The molecule has 204 valence electrons. The Morgan fingerprint density at radius 2 is 1.79 bits per heavy atom. The molecule has 0 spiro atoms. The molecule has 11 nitrogen and oxygen atoms in total. The van der Waals surface area contributed by atoms with Crippen molar-refractivity contribution < 1.29 is 19.1 Å². The summed E-state index contributed by atoms with van der Waals surface area (Å²) in [5.41, 5.74) is 9.21. The lowest BCUT2D eigenvalue weighted by Gasteiger charge is -2.31. The Labute approximate surface area is 227 Å². The number of ether oxygens (including phenoxy) is 2. The lowest BCUT2D eigenvalue weighted by Crippen LogP contribution is -2.41. The first-order chi connectivity index (χ1) is 19.0. The van der Waals surface area contributed by atoms with Gasteiger partial charge in [0.2, 0.25) is 18.5 Å². The Kier molecular flexibility index (Phi) is 11.0. The normalized spacial score (nSPS) is 15.8. The summed E-state index contributed by atoms with van der Waals surface area (Å²) < 4.78 is 10.9. The summed E-state index contributed by atoms with van der Waals surface area (Å²) in [7, 11) is 1.80. The number of nitrogens with two attached hydrogens (primary N) is 1. The van der Waals surface area contributed by atoms with E-state index in [2.05, 4.69) is 20.6 Å². The van der Waals surface area contributed by atoms with Gasteiger partial charge in [-0.1, -0.05) is 60.7 Å². The number of hydrogen-bond donors (Lipinski definition) is 4. The second-order valence-corrected chi connectivity index (χ2v) is 8.21. The third-order valence-electron chi connectivity index (χ3n) is 5.70. The highest BCUT2D eigenvalue weighted by Crippen LogP contribution is 2.21. The van der Waals surface area contributed by atoms with Gasteiger partial charge in [-0.25, -0.2) is 9.98 Å². The van der Waals surface area contributed by atoms with Crippen molar-refractivity contribution in [3.05, 3.63) is 89.3 Å². The van der Waals surface area contributed by atoms with E-state index < -0.39 is 12.2 Å². The van der Waals surface area contributed by atoms with Crippen LogP contribution in [0.3, 0.4) is 0 Å². The summed E-state index contributed by atoms with van der Waals surface area (Å²) >= 11 is 0. The average Bonchev–Trinajstić information content (AvgIpc) is 2.97. The Morgan fingerprint density at radius 3 is 2.44 bits per heavy atom. The van der Waals surface area contributed by atoms with Gasteiger partial charge in [0, 0.05) is 37.0 Å². The van der Waals surface area contributed by atoms with Crippen LogP contribution in [0, 0.1) is 5.41 Å². The number of carbonyl (C=O) groups excluding carboxylic acids is 2. The van der Waals surface area contributed by atoms with Gasteiger partial charge in [0.05, 0.1) is 24.5 Å². The van der Waals surface area contributed by atoms with Gasteiger partial charge in [-0.15, -0.1) is 0 Å². The van der Waals surface area contributed by atoms with Gasteiger partial charge in [-0.2, -0.15) is 0 Å². The third kappa shape index (κ3) is 7.86. The molecular formula is C28H33N7O4. The van der Waals surface area contributed by atoms with E-state index in [-0.39, 0.29) is 11.5 Å². The lowest BCUT2D eigenvalue weighted by atomic mass is 10.0. The predicted octanol–water partition coefficient (Wildman–Crippen LogP) is 2.27. The van der Waals surface area contributed by atoms with Crippen LogP contribution in [0.15, 0.2) is 88.1 Å². The summed E-state index contributed by atoms with van der Waals surface area (Å²) in [5.74, 6) is 0.0202. The van der Waals surface area contributed by atoms with Crippen LogP contribution >= 0.6 is 0 Å². The van der Waals surface area contributed by atoms with E-state index in [4.69, 9.17) is 20.6 Å². The summed E-state index contributed by atoms with van der Waals surface area (Å²) in [5, 5.41) is 14.3. The zero-order valence-corrected chi connectivity index (χ0v) is 22.0. The van der Waals surface area contributed by atoms with Crippen molar-refractivity contribution in [1.82, 2.24) is 10.2 Å². The minimum atomic E-state index is -1.24. The molecule has 0 bridgehead atoms. The number of amidine groups is 1. The van der Waals surface area contributed by atoms with Crippen LogP contribution in [-0.4, -0.2) is 74.7 Å². The van der Waals surface area contributed by atoms with E-state index in [0.717, 1.165) is 16.8 Å². The van der Waals surface area contributed by atoms with Crippen LogP contribution in [0.5, 0.6) is 0 Å². The number of nitrogens with one attached hydrogen (secondary N) is 3. The smallest absolute Gasteiger partial charge is 0.291 e. The second-order valence-electron chi connectivity index (χ2n) is 8.21. The number of aliphatic imine (C=N–C) groups is 2. The lowest BCUT2D eigenvalue weighted by molar-refractivity contribution is -0.109. The molecule has 2 aromatic rings. The molecule has 0 aliphatic carbocycles. The van der Waals surface area contributed by atoms with Crippen molar-refractivity contribution in [1.29, 1.82) is 5.41 Å². The molecule has 1 aliphatic heterocycles. The molecule has 1 atom stereocenters. The third-order valence-corrected chi connectivity index (χ3v) is 5.70. The number of hydrogen-bond acceptors (Lipinski definition) is 9. The first-order valence-electron chi connectivity index (χ1n) is 12.4. The van der Waals surface area contributed by atoms with Crippen molar-refractivity contribution in [3.63, 3.8) is 0 Å². The van der Waals surface area contributed by atoms with Gasteiger partial charge in [0.15, 0.2) is 6.29 Å². The van der Waals surface area contributed by atoms with Crippen LogP contribution in [0.1, 0.15) is 18.1 Å². The molecule has 1 saturated heterocycles. The topological polar surface area (TPSA) is 154 Å². The Morgan fingerprint density at radius 1 is 1.10 bits per heavy atom. The molecule has 39 heavy (non-hydrogen) atoms. The van der Waals surface area contributed by atoms with E-state index in [0.29, 0.717) is 50.5 Å². The molecule has 11 heteroatoms. The van der Waals surface area contributed by atoms with Gasteiger partial charge < -0.3 is 30.7 Å². The maximum atomic E-state index is 12.0. The van der Waals surface area contributed by atoms with Crippen LogP contribution in [0.25, 0.3) is 0 Å². The summed E-state index contributed by atoms with van der Waals surface area (Å²) in [6.07, 6.45) is 3.16. The molecule has 0 radical (unpaired) electrons. The fourth-order valence-electron chi connectivity index (χ4n) is 3.95. The summed E-state index contributed by atoms with van der Waals surface area (Å²) in [4.78, 5) is 34.0. The fourth-order valence-corrected chi connectivity index (χ4v) is 3.95. The van der Waals surface area contributed by atoms with E-state index >= 15 is 0 Å². The molecule has 5 N–H and O–H groups in total. The molecular weight excluding hydrogens is 498 g/mol. The molecule has 1 fully saturated rings. The van der Waals surface area contributed by atoms with E-state index in [1.807, 2.05) is 59.5 Å². The molecule has 1 heterocycles. The fraction of sp³-hybridized carbons (Fsp3) is 0.250. The van der Waals surface area contributed by atoms with E-state index in [1.165, 1.54) is 0 Å². The molecule has 1 amide bonds. The minimum absolute atomic E-state index is 0.281. The highest BCUT2D eigenvalue weighted by atomic mass is 16.5. The SMILES string of the molecule is C/C=C\C(C(=N)OC(N)=NC(C=O)N=C(c1ccccc1)c1ccccc1NC)=C(/NC=O)N1CCOCC1. The Bertz CT molecular complexity index is 1270. The molecule has 0 saturated carbocycles. The van der Waals surface area contributed by atoms with Crippen molar-refractivity contribution in [3.8, 4) is 0 Å². The van der Waals surface area contributed by atoms with Crippen LogP contribution in [0.2, 0.25) is 0 Å². The number of amides is 1. The van der Waals surface area contributed by atoms with Crippen LogP contribution in [-0.2, 0) is 19.1 Å². The van der Waals surface area contributed by atoms with Gasteiger partial charge in [0.25, 0.3) is 6.02 Å². The first kappa shape index (κ1) is 28.8. The quantitative estimate of drug-likeness (QED) is 0.150. The molecule has 0 aromatic heterocycles. The van der Waals surface area contributed by atoms with Crippen molar-refractivity contribution >= 4 is 36.0 Å². The number of para-hydroxylation sites is 1. The monoisotopic (exact) mass is 531 g/mol. The Hall–Kier alpha value is -4.77. The number of nitrogens with zero attached hydrogens (tertiary/aromatic N) is 3. The largest absolute Gasteiger partial charge is 0.407 e. The first-order valence-corrected chi connectivity index (χ1v) is 12.4. The van der Waals surface area contributed by atoms with Gasteiger partial charge in [-0.05, 0) is 13.0 Å². The number of anilines is 1. The van der Waals surface area contributed by atoms with Gasteiger partial charge in [-0.3, -0.25) is 15.0 Å². The second kappa shape index (κ2) is 14.8. The van der Waals surface area contributed by atoms with Gasteiger partial charge in [0.1, 0.15) is 5.82 Å². The summed E-state index contributed by atoms with van der Waals surface area (Å²) in [6, 6.07) is 16.5. The number of carbonyl (C=O) groups is 2. The highest BCUT2D eigenvalue weighted by molar-refractivity contribution is 6.16. The van der Waals surface area contributed by atoms with Crippen molar-refractivity contribution in [2.24, 2.45) is 15.7 Å². The minimum Gasteiger partial charge on any atom is -0.407 e. The molecule has 3 rings (SSSR count). The molecule has 1 aliphatic rings. The van der Waals surface area contributed by atoms with Crippen LogP contribution in [0.4, 0.5) is 5.69 Å². The maximum Gasteiger partial charge on any atom is 0.291 e. The zero-order valence-electron chi connectivity index (χ0n) is 22.0. The molecule has 1 unspecified atom stereocenters. The number of rotatable bonds is 11. The zero-order chi connectivity index (χ0) is 28.0. The number of benzene rings is 2. The van der Waals surface area contributed by atoms with Crippen LogP contribution < -0.4 is 16.4 Å². The number of aldehydes is 1. The Balaban J connectivity index is 1.95. The number of allylic oxidation sites excluding steroid dienone is 1. The maximum absolute atomic E-state index is 12.0. The van der Waals surface area contributed by atoms with Crippen molar-refractivity contribution in [2.45, 2.75) is 13.1 Å². The molecule has 2 aromatic carbocycles. The average molecular weight is 532 g/mol. The van der Waals surface area contributed by atoms with E-state index in [9.17, 15) is 9.59 Å². The standard InChI is InChI=1S/C28H33N7O4/c1-3-9-22(27(32-19-37)35-14-16-38-17-15-35)26(29)39-28(30)34-24(18-36)33-25(20-10-5-4-6-11-20)21-12-7-8-13-23(21)31-2/h3-13,18-19,24,29,31H,14-17H2,1-2H3,(H2,30,34)(H,32,37)/b9-3-,27-22-,29-26?,33-25?. The summed E-state index contributed by atoms with van der Waals surface area (Å²) in [6.45, 7) is 3.77. The van der Waals surface area contributed by atoms with E-state index in [1.54, 1.807) is 26.1 Å².